The summed E-state index contributed by atoms with van der Waals surface area (Å²) in [5, 5.41) is 11.1. The molecule has 0 unspecified atom stereocenters. The molecule has 0 aliphatic carbocycles. The van der Waals surface area contributed by atoms with Crippen molar-refractivity contribution in [3.63, 3.8) is 0 Å². The molecule has 0 saturated carbocycles. The van der Waals surface area contributed by atoms with Crippen molar-refractivity contribution in [2.45, 2.75) is 18.7 Å². The molecule has 11 heteroatoms. The molecule has 0 bridgehead atoms. The summed E-state index contributed by atoms with van der Waals surface area (Å²) in [6, 6.07) is 7.64. The molecular formula is C19H20N2O8S. The molecule has 0 spiro atoms. The Morgan fingerprint density at radius 2 is 1.67 bits per heavy atom. The van der Waals surface area contributed by atoms with Crippen LogP contribution in [0.3, 0.4) is 0 Å². The van der Waals surface area contributed by atoms with E-state index in [1.165, 1.54) is 44.4 Å². The van der Waals surface area contributed by atoms with Crippen LogP contribution in [-0.4, -0.2) is 46.0 Å². The summed E-state index contributed by atoms with van der Waals surface area (Å²) in [6.45, 7) is 2.37. The van der Waals surface area contributed by atoms with Crippen molar-refractivity contribution in [2.24, 2.45) is 0 Å². The first-order chi connectivity index (χ1) is 14.0. The topological polar surface area (TPSA) is 133 Å². The number of ether oxygens (including phenoxy) is 2. The van der Waals surface area contributed by atoms with E-state index in [2.05, 4.69) is 9.47 Å². The molecule has 2 rings (SSSR count). The Labute approximate surface area is 173 Å². The molecule has 0 N–H and O–H groups in total. The number of benzene rings is 2. The second kappa shape index (κ2) is 8.91. The van der Waals surface area contributed by atoms with Gasteiger partial charge in [-0.2, -0.15) is 0 Å². The summed E-state index contributed by atoms with van der Waals surface area (Å²) in [5.41, 5.74) is 0.376. The number of aryl methyl sites for hydroxylation is 2. The number of esters is 2. The standard InChI is InChI=1S/C19H20N2O8S/c1-12-5-7-14(19(23)29-4)9-16(12)20(11-18(22)28-3)30(26,27)17-10-15(21(24)25)8-6-13(17)2/h5-10H,11H2,1-4H3. The fourth-order valence-electron chi connectivity index (χ4n) is 2.70. The van der Waals surface area contributed by atoms with Crippen LogP contribution in [0.1, 0.15) is 21.5 Å². The lowest BCUT2D eigenvalue weighted by molar-refractivity contribution is -0.385. The minimum absolute atomic E-state index is 0.0363. The van der Waals surface area contributed by atoms with Crippen LogP contribution >= 0.6 is 0 Å². The van der Waals surface area contributed by atoms with E-state index in [1.54, 1.807) is 6.92 Å². The second-order valence-electron chi connectivity index (χ2n) is 6.29. The zero-order valence-electron chi connectivity index (χ0n) is 16.7. The third-order valence-corrected chi connectivity index (χ3v) is 6.25. The Hall–Kier alpha value is -3.47. The average Bonchev–Trinajstić information content (AvgIpc) is 2.71. The quantitative estimate of drug-likeness (QED) is 0.367. The van der Waals surface area contributed by atoms with Crippen molar-refractivity contribution in [2.75, 3.05) is 25.1 Å². The highest BCUT2D eigenvalue weighted by Gasteiger charge is 2.31. The second-order valence-corrected chi connectivity index (χ2v) is 8.12. The van der Waals surface area contributed by atoms with Gasteiger partial charge in [-0.25, -0.2) is 13.2 Å². The summed E-state index contributed by atoms with van der Waals surface area (Å²) >= 11 is 0. The normalized spacial score (nSPS) is 10.9. The summed E-state index contributed by atoms with van der Waals surface area (Å²) in [5.74, 6) is -1.55. The Bertz CT molecular complexity index is 1110. The number of sulfonamides is 1. The van der Waals surface area contributed by atoms with Crippen molar-refractivity contribution in [1.82, 2.24) is 0 Å². The number of carbonyl (C=O) groups excluding carboxylic acids is 2. The number of hydrogen-bond donors (Lipinski definition) is 0. The zero-order valence-corrected chi connectivity index (χ0v) is 17.6. The molecule has 0 fully saturated rings. The number of nitrogens with zero attached hydrogens (tertiary/aromatic N) is 2. The summed E-state index contributed by atoms with van der Waals surface area (Å²) in [4.78, 5) is 34.0. The maximum atomic E-state index is 13.5. The predicted molar refractivity (Wildman–Crippen MR) is 107 cm³/mol. The first-order valence-electron chi connectivity index (χ1n) is 8.56. The Morgan fingerprint density at radius 3 is 2.23 bits per heavy atom. The minimum atomic E-state index is -4.44. The molecule has 0 heterocycles. The highest BCUT2D eigenvalue weighted by molar-refractivity contribution is 7.93. The van der Waals surface area contributed by atoms with Gasteiger partial charge in [0.05, 0.1) is 35.3 Å². The van der Waals surface area contributed by atoms with Crippen LogP contribution in [0.4, 0.5) is 11.4 Å². The lowest BCUT2D eigenvalue weighted by Crippen LogP contribution is -2.37. The molecule has 0 saturated heterocycles. The van der Waals surface area contributed by atoms with Crippen molar-refractivity contribution >= 4 is 33.3 Å². The highest BCUT2D eigenvalue weighted by atomic mass is 32.2. The average molecular weight is 436 g/mol. The van der Waals surface area contributed by atoms with Crippen molar-refractivity contribution in [1.29, 1.82) is 0 Å². The molecule has 160 valence electrons. The molecule has 0 radical (unpaired) electrons. The summed E-state index contributed by atoms with van der Waals surface area (Å²) in [6.07, 6.45) is 0. The Kier molecular flexibility index (Phi) is 6.77. The number of anilines is 1. The van der Waals surface area contributed by atoms with E-state index < -0.39 is 39.1 Å². The maximum Gasteiger partial charge on any atom is 0.337 e. The summed E-state index contributed by atoms with van der Waals surface area (Å²) < 4.78 is 37.0. The van der Waals surface area contributed by atoms with E-state index in [9.17, 15) is 28.1 Å². The largest absolute Gasteiger partial charge is 0.468 e. The van der Waals surface area contributed by atoms with E-state index in [4.69, 9.17) is 0 Å². The van der Waals surface area contributed by atoms with Crippen LogP contribution in [-0.2, 0) is 24.3 Å². The third-order valence-electron chi connectivity index (χ3n) is 4.35. The highest BCUT2D eigenvalue weighted by Crippen LogP contribution is 2.31. The smallest absolute Gasteiger partial charge is 0.337 e. The fraction of sp³-hybridized carbons (Fsp3) is 0.263. The van der Waals surface area contributed by atoms with Gasteiger partial charge < -0.3 is 9.47 Å². The molecule has 0 atom stereocenters. The lowest BCUT2D eigenvalue weighted by atomic mass is 10.1. The number of hydrogen-bond acceptors (Lipinski definition) is 8. The van der Waals surface area contributed by atoms with Gasteiger partial charge in [-0.1, -0.05) is 12.1 Å². The number of nitro benzene ring substituents is 1. The molecule has 0 amide bonds. The van der Waals surface area contributed by atoms with E-state index in [-0.39, 0.29) is 21.7 Å². The zero-order chi connectivity index (χ0) is 22.6. The van der Waals surface area contributed by atoms with Crippen LogP contribution in [0.15, 0.2) is 41.3 Å². The van der Waals surface area contributed by atoms with Gasteiger partial charge in [-0.15, -0.1) is 0 Å². The molecule has 0 aliphatic heterocycles. The third kappa shape index (κ3) is 4.57. The molecule has 10 nitrogen and oxygen atoms in total. The van der Waals surface area contributed by atoms with Gasteiger partial charge in [0.25, 0.3) is 15.7 Å². The van der Waals surface area contributed by atoms with Crippen molar-refractivity contribution < 1.29 is 32.4 Å². The van der Waals surface area contributed by atoms with Crippen LogP contribution in [0.5, 0.6) is 0 Å². The molecule has 0 aromatic heterocycles. The van der Waals surface area contributed by atoms with Gasteiger partial charge in [0.15, 0.2) is 0 Å². The van der Waals surface area contributed by atoms with Gasteiger partial charge in [-0.3, -0.25) is 19.2 Å². The van der Waals surface area contributed by atoms with Crippen LogP contribution in [0.25, 0.3) is 0 Å². The molecule has 0 aliphatic rings. The van der Waals surface area contributed by atoms with Crippen molar-refractivity contribution in [3.05, 3.63) is 63.2 Å². The number of methoxy groups -OCH3 is 2. The van der Waals surface area contributed by atoms with Crippen LogP contribution in [0.2, 0.25) is 0 Å². The van der Waals surface area contributed by atoms with Gasteiger partial charge in [-0.05, 0) is 37.1 Å². The number of non-ortho nitro benzene ring substituents is 1. The first-order valence-corrected chi connectivity index (χ1v) is 10.0. The number of nitro groups is 1. The molecule has 30 heavy (non-hydrogen) atoms. The van der Waals surface area contributed by atoms with Crippen LogP contribution < -0.4 is 4.31 Å². The monoisotopic (exact) mass is 436 g/mol. The van der Waals surface area contributed by atoms with Gasteiger partial charge in [0.1, 0.15) is 6.54 Å². The number of rotatable bonds is 7. The van der Waals surface area contributed by atoms with Gasteiger partial charge in [0.2, 0.25) is 0 Å². The SMILES string of the molecule is COC(=O)CN(c1cc(C(=O)OC)ccc1C)S(=O)(=O)c1cc([N+](=O)[O-])ccc1C. The fourth-order valence-corrected chi connectivity index (χ4v) is 4.42. The minimum Gasteiger partial charge on any atom is -0.468 e. The number of carbonyl (C=O) groups is 2. The van der Waals surface area contributed by atoms with E-state index in [0.717, 1.165) is 17.5 Å². The molecule has 2 aromatic rings. The van der Waals surface area contributed by atoms with Crippen molar-refractivity contribution in [3.8, 4) is 0 Å². The Morgan fingerprint density at radius 1 is 1.03 bits per heavy atom. The van der Waals surface area contributed by atoms with Crippen LogP contribution in [0, 0.1) is 24.0 Å². The van der Waals surface area contributed by atoms with Gasteiger partial charge in [0, 0.05) is 12.1 Å². The first kappa shape index (κ1) is 22.8. The van der Waals surface area contributed by atoms with Gasteiger partial charge >= 0.3 is 11.9 Å². The molecular weight excluding hydrogens is 416 g/mol. The van der Waals surface area contributed by atoms with E-state index in [1.807, 2.05) is 0 Å². The van der Waals surface area contributed by atoms with E-state index in [0.29, 0.717) is 5.56 Å². The Balaban J connectivity index is 2.74. The predicted octanol–water partition coefficient (Wildman–Crippen LogP) is 2.37. The molecule has 2 aromatic carbocycles. The summed E-state index contributed by atoms with van der Waals surface area (Å²) in [7, 11) is -2.16. The van der Waals surface area contributed by atoms with E-state index >= 15 is 0 Å². The lowest BCUT2D eigenvalue weighted by Gasteiger charge is -2.26. The maximum absolute atomic E-state index is 13.5.